The molecule has 1 saturated heterocycles. The van der Waals surface area contributed by atoms with Gasteiger partial charge >= 0.3 is 0 Å². The first-order chi connectivity index (χ1) is 14.2. The molecule has 146 valence electrons. The zero-order valence-electron chi connectivity index (χ0n) is 16.4. The molecule has 6 nitrogen and oxygen atoms in total. The molecule has 4 aromatic rings. The van der Waals surface area contributed by atoms with Gasteiger partial charge in [-0.1, -0.05) is 35.9 Å². The van der Waals surface area contributed by atoms with Gasteiger partial charge in [-0.3, -0.25) is 4.79 Å². The topological polar surface area (TPSA) is 73.9 Å². The first kappa shape index (κ1) is 17.7. The minimum absolute atomic E-state index is 0.115. The average molecular weight is 385 g/mol. The number of nitrogens with one attached hydrogen (secondary N) is 2. The van der Waals surface area contributed by atoms with E-state index in [2.05, 4.69) is 32.4 Å². The lowest BCUT2D eigenvalue weighted by Gasteiger charge is -2.32. The van der Waals surface area contributed by atoms with E-state index in [1.54, 1.807) is 6.33 Å². The standard InChI is InChI=1S/C23H23N5O/c1-15-6-8-16(9-7-15)23(29)28-12-10-17(11-13-28)26-21-20-18-4-2-3-5-19(18)27-22(20)25-14-24-21/h2-9,14,17H,10-13H2,1H3,(H2,24,25,26,27). The second kappa shape index (κ2) is 7.20. The molecule has 0 unspecified atom stereocenters. The van der Waals surface area contributed by atoms with Gasteiger partial charge in [0.05, 0.1) is 5.39 Å². The third kappa shape index (κ3) is 3.31. The van der Waals surface area contributed by atoms with Crippen LogP contribution in [0.3, 0.4) is 0 Å². The predicted molar refractivity (Wildman–Crippen MR) is 115 cm³/mol. The Morgan fingerprint density at radius 2 is 1.83 bits per heavy atom. The van der Waals surface area contributed by atoms with E-state index >= 15 is 0 Å². The monoisotopic (exact) mass is 385 g/mol. The highest BCUT2D eigenvalue weighted by Crippen LogP contribution is 2.30. The van der Waals surface area contributed by atoms with Gasteiger partial charge in [0.2, 0.25) is 0 Å². The summed E-state index contributed by atoms with van der Waals surface area (Å²) in [5, 5.41) is 5.75. The van der Waals surface area contributed by atoms with Crippen LogP contribution in [-0.2, 0) is 0 Å². The summed E-state index contributed by atoms with van der Waals surface area (Å²) in [7, 11) is 0. The third-order valence-corrected chi connectivity index (χ3v) is 5.72. The number of carbonyl (C=O) groups excluding carboxylic acids is 1. The van der Waals surface area contributed by atoms with E-state index in [1.807, 2.05) is 48.2 Å². The van der Waals surface area contributed by atoms with E-state index < -0.39 is 0 Å². The largest absolute Gasteiger partial charge is 0.367 e. The van der Waals surface area contributed by atoms with Crippen molar-refractivity contribution >= 4 is 33.7 Å². The van der Waals surface area contributed by atoms with Crippen molar-refractivity contribution < 1.29 is 4.79 Å². The number of para-hydroxylation sites is 1. The van der Waals surface area contributed by atoms with Crippen LogP contribution in [0.1, 0.15) is 28.8 Å². The van der Waals surface area contributed by atoms with Crippen LogP contribution in [0.25, 0.3) is 21.9 Å². The number of hydrogen-bond acceptors (Lipinski definition) is 4. The number of hydrogen-bond donors (Lipinski definition) is 2. The smallest absolute Gasteiger partial charge is 0.253 e. The van der Waals surface area contributed by atoms with Gasteiger partial charge in [0.25, 0.3) is 5.91 Å². The van der Waals surface area contributed by atoms with Crippen molar-refractivity contribution in [1.82, 2.24) is 19.9 Å². The Labute approximate surface area is 169 Å². The number of aromatic amines is 1. The lowest BCUT2D eigenvalue weighted by molar-refractivity contribution is 0.0718. The van der Waals surface area contributed by atoms with Crippen molar-refractivity contribution in [2.24, 2.45) is 0 Å². The highest BCUT2D eigenvalue weighted by Gasteiger charge is 2.24. The summed E-state index contributed by atoms with van der Waals surface area (Å²) in [6.07, 6.45) is 3.38. The van der Waals surface area contributed by atoms with Gasteiger partial charge in [0.15, 0.2) is 0 Å². The quantitative estimate of drug-likeness (QED) is 0.556. The number of likely N-dealkylation sites (tertiary alicyclic amines) is 1. The van der Waals surface area contributed by atoms with Crippen LogP contribution >= 0.6 is 0 Å². The average Bonchev–Trinajstić information content (AvgIpc) is 3.14. The molecular formula is C23H23N5O. The molecule has 1 aliphatic rings. The molecule has 0 radical (unpaired) electrons. The second-order valence-electron chi connectivity index (χ2n) is 7.69. The van der Waals surface area contributed by atoms with Crippen LogP contribution in [0.5, 0.6) is 0 Å². The molecule has 2 N–H and O–H groups in total. The van der Waals surface area contributed by atoms with Crippen LogP contribution in [0.4, 0.5) is 5.82 Å². The molecule has 0 aliphatic carbocycles. The Bertz CT molecular complexity index is 1170. The normalized spacial score (nSPS) is 15.1. The molecule has 3 heterocycles. The fourth-order valence-corrected chi connectivity index (χ4v) is 4.08. The van der Waals surface area contributed by atoms with Crippen LogP contribution in [0.2, 0.25) is 0 Å². The maximum Gasteiger partial charge on any atom is 0.253 e. The van der Waals surface area contributed by atoms with Gasteiger partial charge in [-0.25, -0.2) is 9.97 Å². The molecular weight excluding hydrogens is 362 g/mol. The fourth-order valence-electron chi connectivity index (χ4n) is 4.08. The van der Waals surface area contributed by atoms with Crippen molar-refractivity contribution in [3.05, 3.63) is 66.0 Å². The Balaban J connectivity index is 1.31. The lowest BCUT2D eigenvalue weighted by Crippen LogP contribution is -2.42. The molecule has 1 fully saturated rings. The summed E-state index contributed by atoms with van der Waals surface area (Å²) in [6, 6.07) is 16.3. The number of anilines is 1. The Morgan fingerprint density at radius 3 is 2.62 bits per heavy atom. The zero-order chi connectivity index (χ0) is 19.8. The third-order valence-electron chi connectivity index (χ3n) is 5.72. The highest BCUT2D eigenvalue weighted by molar-refractivity contribution is 6.11. The predicted octanol–water partition coefficient (Wildman–Crippen LogP) is 4.14. The first-order valence-electron chi connectivity index (χ1n) is 10.0. The number of benzene rings is 2. The lowest BCUT2D eigenvalue weighted by atomic mass is 10.0. The molecule has 0 saturated carbocycles. The van der Waals surface area contributed by atoms with Gasteiger partial charge in [-0.2, -0.15) is 0 Å². The van der Waals surface area contributed by atoms with Crippen molar-refractivity contribution in [2.45, 2.75) is 25.8 Å². The maximum atomic E-state index is 12.7. The van der Waals surface area contributed by atoms with Gasteiger partial charge in [-0.15, -0.1) is 0 Å². The minimum atomic E-state index is 0.115. The Kier molecular flexibility index (Phi) is 4.39. The Morgan fingerprint density at radius 1 is 1.07 bits per heavy atom. The maximum absolute atomic E-state index is 12.7. The van der Waals surface area contributed by atoms with E-state index in [0.29, 0.717) is 0 Å². The van der Waals surface area contributed by atoms with Crippen LogP contribution in [-0.4, -0.2) is 44.9 Å². The molecule has 1 aliphatic heterocycles. The number of nitrogens with zero attached hydrogens (tertiary/aromatic N) is 3. The molecule has 29 heavy (non-hydrogen) atoms. The van der Waals surface area contributed by atoms with Crippen molar-refractivity contribution in [2.75, 3.05) is 18.4 Å². The molecule has 0 bridgehead atoms. The number of amides is 1. The molecule has 2 aromatic heterocycles. The molecule has 1 amide bonds. The number of H-pyrrole nitrogens is 1. The highest BCUT2D eigenvalue weighted by atomic mass is 16.2. The van der Waals surface area contributed by atoms with Gasteiger partial charge in [0.1, 0.15) is 17.8 Å². The molecule has 0 atom stereocenters. The van der Waals surface area contributed by atoms with E-state index in [1.165, 1.54) is 0 Å². The summed E-state index contributed by atoms with van der Waals surface area (Å²) in [5.74, 6) is 0.972. The van der Waals surface area contributed by atoms with Gasteiger partial charge < -0.3 is 15.2 Å². The zero-order valence-corrected chi connectivity index (χ0v) is 16.4. The SMILES string of the molecule is Cc1ccc(C(=O)N2CCC(Nc3ncnc4[nH]c5ccccc5c34)CC2)cc1. The molecule has 6 heteroatoms. The number of fused-ring (bicyclic) bond motifs is 3. The number of piperidine rings is 1. The van der Waals surface area contributed by atoms with Crippen molar-refractivity contribution in [3.63, 3.8) is 0 Å². The van der Waals surface area contributed by atoms with Crippen molar-refractivity contribution in [1.29, 1.82) is 0 Å². The van der Waals surface area contributed by atoms with Crippen LogP contribution in [0.15, 0.2) is 54.9 Å². The van der Waals surface area contributed by atoms with E-state index in [0.717, 1.165) is 64.8 Å². The summed E-state index contributed by atoms with van der Waals surface area (Å²) in [6.45, 7) is 3.52. The first-order valence-corrected chi connectivity index (χ1v) is 10.0. The van der Waals surface area contributed by atoms with Crippen LogP contribution < -0.4 is 5.32 Å². The summed E-state index contributed by atoms with van der Waals surface area (Å²) in [4.78, 5) is 26.9. The van der Waals surface area contributed by atoms with Crippen molar-refractivity contribution in [3.8, 4) is 0 Å². The summed E-state index contributed by atoms with van der Waals surface area (Å²) < 4.78 is 0. The number of aromatic nitrogens is 3. The fraction of sp³-hybridized carbons (Fsp3) is 0.261. The van der Waals surface area contributed by atoms with Gasteiger partial charge in [0, 0.05) is 35.6 Å². The summed E-state index contributed by atoms with van der Waals surface area (Å²) >= 11 is 0. The number of rotatable bonds is 3. The minimum Gasteiger partial charge on any atom is -0.367 e. The van der Waals surface area contributed by atoms with E-state index in [9.17, 15) is 4.79 Å². The van der Waals surface area contributed by atoms with Gasteiger partial charge in [-0.05, 0) is 38.0 Å². The second-order valence-corrected chi connectivity index (χ2v) is 7.69. The van der Waals surface area contributed by atoms with E-state index in [-0.39, 0.29) is 11.9 Å². The van der Waals surface area contributed by atoms with Crippen LogP contribution in [0, 0.1) is 6.92 Å². The molecule has 5 rings (SSSR count). The Hall–Kier alpha value is -3.41. The van der Waals surface area contributed by atoms with E-state index in [4.69, 9.17) is 0 Å². The molecule has 2 aromatic carbocycles. The molecule has 0 spiro atoms. The number of aryl methyl sites for hydroxylation is 1. The number of carbonyl (C=O) groups is 1. The summed E-state index contributed by atoms with van der Waals surface area (Å²) in [5.41, 5.74) is 3.83.